The Morgan fingerprint density at radius 2 is 1.48 bits per heavy atom. The zero-order valence-corrected chi connectivity index (χ0v) is 24.6. The number of aromatic nitrogens is 1. The smallest absolute Gasteiger partial charge is 0.326 e. The third kappa shape index (κ3) is 9.30. The molecule has 44 heavy (non-hydrogen) atoms. The number of fused-ring (bicyclic) bond motifs is 1. The maximum Gasteiger partial charge on any atom is 0.326 e. The number of aromatic hydroxyl groups is 1. The van der Waals surface area contributed by atoms with Crippen molar-refractivity contribution in [1.82, 2.24) is 20.9 Å². The van der Waals surface area contributed by atoms with Crippen molar-refractivity contribution in [3.05, 3.63) is 65.9 Å². The Bertz CT molecular complexity index is 1470. The maximum atomic E-state index is 13.8. The Labute approximate surface area is 254 Å². The van der Waals surface area contributed by atoms with Gasteiger partial charge in [-0.3, -0.25) is 19.2 Å². The van der Waals surface area contributed by atoms with E-state index in [0.29, 0.717) is 17.5 Å². The molecule has 9 N–H and O–H groups in total. The van der Waals surface area contributed by atoms with E-state index in [1.54, 1.807) is 32.2 Å². The molecule has 1 aromatic heterocycles. The number of nitrogens with one attached hydrogen (secondary N) is 4. The summed E-state index contributed by atoms with van der Waals surface area (Å²) in [4.78, 5) is 66.2. The summed E-state index contributed by atoms with van der Waals surface area (Å²) in [6.45, 7) is 3.48. The third-order valence-corrected chi connectivity index (χ3v) is 7.52. The summed E-state index contributed by atoms with van der Waals surface area (Å²) in [5, 5.41) is 37.0. The molecule has 0 spiro atoms. The van der Waals surface area contributed by atoms with E-state index in [2.05, 4.69) is 20.9 Å². The fraction of sp³-hybridized carbons (Fsp3) is 0.387. The van der Waals surface area contributed by atoms with Crippen LogP contribution in [-0.4, -0.2) is 74.1 Å². The minimum absolute atomic E-state index is 0.00208. The van der Waals surface area contributed by atoms with E-state index in [0.717, 1.165) is 10.9 Å². The van der Waals surface area contributed by atoms with Gasteiger partial charge in [-0.1, -0.05) is 50.6 Å². The predicted molar refractivity (Wildman–Crippen MR) is 162 cm³/mol. The molecular formula is C31H39N5O8. The van der Waals surface area contributed by atoms with Gasteiger partial charge in [0.25, 0.3) is 0 Å². The SMILES string of the molecule is CCC(C)C(NC(=O)C(Cc1ccc(O)cc1)NC(=O)C(Cc1c[nH]c2ccccc12)NC(=O)C(N)CCC(=O)O)C(=O)O. The molecule has 2 aromatic carbocycles. The average molecular weight is 610 g/mol. The number of hydrogen-bond donors (Lipinski definition) is 8. The molecule has 0 saturated carbocycles. The molecule has 13 nitrogen and oxygen atoms in total. The number of carboxylic acids is 2. The van der Waals surface area contributed by atoms with Gasteiger partial charge in [-0.25, -0.2) is 4.79 Å². The molecule has 13 heteroatoms. The molecule has 3 aromatic rings. The fourth-order valence-corrected chi connectivity index (χ4v) is 4.70. The fourth-order valence-electron chi connectivity index (χ4n) is 4.70. The van der Waals surface area contributed by atoms with Gasteiger partial charge >= 0.3 is 11.9 Å². The first kappa shape index (κ1) is 33.6. The van der Waals surface area contributed by atoms with E-state index in [4.69, 9.17) is 10.8 Å². The number of benzene rings is 2. The van der Waals surface area contributed by atoms with Gasteiger partial charge in [-0.05, 0) is 41.7 Å². The molecule has 3 rings (SSSR count). The molecule has 1 heterocycles. The van der Waals surface area contributed by atoms with Crippen LogP contribution in [0.3, 0.4) is 0 Å². The zero-order valence-electron chi connectivity index (χ0n) is 24.6. The number of para-hydroxylation sites is 1. The number of aliphatic carboxylic acids is 2. The third-order valence-electron chi connectivity index (χ3n) is 7.52. The molecule has 0 radical (unpaired) electrons. The molecule has 0 saturated heterocycles. The van der Waals surface area contributed by atoms with Gasteiger partial charge in [0.15, 0.2) is 0 Å². The molecule has 5 atom stereocenters. The summed E-state index contributed by atoms with van der Waals surface area (Å²) in [5.41, 5.74) is 7.99. The lowest BCUT2D eigenvalue weighted by molar-refractivity contribution is -0.144. The van der Waals surface area contributed by atoms with Gasteiger partial charge in [0.05, 0.1) is 6.04 Å². The quantitative estimate of drug-likeness (QED) is 0.117. The number of hydrogen-bond acceptors (Lipinski definition) is 7. The van der Waals surface area contributed by atoms with Crippen LogP contribution in [-0.2, 0) is 36.8 Å². The first-order valence-electron chi connectivity index (χ1n) is 14.3. The van der Waals surface area contributed by atoms with Crippen molar-refractivity contribution in [2.75, 3.05) is 0 Å². The highest BCUT2D eigenvalue weighted by molar-refractivity contribution is 5.95. The molecule has 0 aliphatic rings. The van der Waals surface area contributed by atoms with Crippen LogP contribution in [0.4, 0.5) is 0 Å². The van der Waals surface area contributed by atoms with Crippen molar-refractivity contribution in [3.63, 3.8) is 0 Å². The van der Waals surface area contributed by atoms with Crippen molar-refractivity contribution in [2.45, 2.75) is 70.1 Å². The van der Waals surface area contributed by atoms with E-state index < -0.39 is 59.7 Å². The monoisotopic (exact) mass is 609 g/mol. The number of carboxylic acid groups (broad SMARTS) is 2. The molecule has 3 amide bonds. The van der Waals surface area contributed by atoms with Crippen LogP contribution in [0, 0.1) is 5.92 Å². The summed E-state index contributed by atoms with van der Waals surface area (Å²) in [6.07, 6.45) is 1.64. The average Bonchev–Trinajstić information content (AvgIpc) is 3.40. The molecule has 236 valence electrons. The highest BCUT2D eigenvalue weighted by atomic mass is 16.4. The molecule has 0 fully saturated rings. The summed E-state index contributed by atoms with van der Waals surface area (Å²) in [5.74, 6) is -4.96. The minimum Gasteiger partial charge on any atom is -0.508 e. The Hall–Kier alpha value is -4.91. The van der Waals surface area contributed by atoms with Gasteiger partial charge in [-0.15, -0.1) is 0 Å². The number of H-pyrrole nitrogens is 1. The van der Waals surface area contributed by atoms with Crippen molar-refractivity contribution in [1.29, 1.82) is 0 Å². The number of phenolic OH excluding ortho intramolecular Hbond substituents is 1. The number of rotatable bonds is 16. The largest absolute Gasteiger partial charge is 0.508 e. The van der Waals surface area contributed by atoms with Crippen LogP contribution < -0.4 is 21.7 Å². The number of nitrogens with two attached hydrogens (primary N) is 1. The van der Waals surface area contributed by atoms with Crippen molar-refractivity contribution in [3.8, 4) is 5.75 Å². The molecule has 0 bridgehead atoms. The standard InChI is InChI=1S/C31H39N5O8/c1-3-17(2)27(31(43)44)36-30(42)24(14-18-8-10-20(37)11-9-18)35-29(41)25(34-28(40)22(32)12-13-26(38)39)15-19-16-33-23-7-5-4-6-21(19)23/h4-11,16-17,22,24-25,27,33,37H,3,12-15,32H2,1-2H3,(H,34,40)(H,35,41)(H,36,42)(H,38,39)(H,43,44). The van der Waals surface area contributed by atoms with Gasteiger partial charge < -0.3 is 42.0 Å². The highest BCUT2D eigenvalue weighted by Gasteiger charge is 2.32. The topological polar surface area (TPSA) is 224 Å². The van der Waals surface area contributed by atoms with E-state index in [1.807, 2.05) is 24.3 Å². The van der Waals surface area contributed by atoms with Crippen molar-refractivity contribution >= 4 is 40.6 Å². The highest BCUT2D eigenvalue weighted by Crippen LogP contribution is 2.20. The number of amides is 3. The minimum atomic E-state index is -1.25. The number of aromatic amines is 1. The Balaban J connectivity index is 1.91. The first-order chi connectivity index (χ1) is 20.9. The van der Waals surface area contributed by atoms with E-state index in [9.17, 15) is 34.2 Å². The summed E-state index contributed by atoms with van der Waals surface area (Å²) in [7, 11) is 0. The number of carbonyl (C=O) groups excluding carboxylic acids is 3. The van der Waals surface area contributed by atoms with E-state index in [-0.39, 0.29) is 31.4 Å². The Kier molecular flexibility index (Phi) is 11.9. The second-order valence-corrected chi connectivity index (χ2v) is 10.8. The molecule has 0 aliphatic carbocycles. The predicted octanol–water partition coefficient (Wildman–Crippen LogP) is 1.44. The second-order valence-electron chi connectivity index (χ2n) is 10.8. The Morgan fingerprint density at radius 3 is 2.11 bits per heavy atom. The lowest BCUT2D eigenvalue weighted by atomic mass is 9.97. The zero-order chi connectivity index (χ0) is 32.4. The lowest BCUT2D eigenvalue weighted by Crippen LogP contribution is -2.58. The summed E-state index contributed by atoms with van der Waals surface area (Å²) >= 11 is 0. The van der Waals surface area contributed by atoms with Crippen molar-refractivity contribution < 1.29 is 39.3 Å². The van der Waals surface area contributed by atoms with Crippen LogP contribution in [0.15, 0.2) is 54.7 Å². The normalized spacial score (nSPS) is 14.5. The first-order valence-corrected chi connectivity index (χ1v) is 14.3. The van der Waals surface area contributed by atoms with Crippen LogP contribution in [0.5, 0.6) is 5.75 Å². The van der Waals surface area contributed by atoms with E-state index >= 15 is 0 Å². The van der Waals surface area contributed by atoms with Crippen LogP contribution in [0.2, 0.25) is 0 Å². The van der Waals surface area contributed by atoms with Crippen molar-refractivity contribution in [2.24, 2.45) is 11.7 Å². The number of carbonyl (C=O) groups is 5. The number of phenols is 1. The molecular weight excluding hydrogens is 570 g/mol. The Morgan fingerprint density at radius 1 is 0.864 bits per heavy atom. The molecule has 5 unspecified atom stereocenters. The lowest BCUT2D eigenvalue weighted by Gasteiger charge is -2.26. The van der Waals surface area contributed by atoms with Gasteiger partial charge in [0.2, 0.25) is 17.7 Å². The van der Waals surface area contributed by atoms with Gasteiger partial charge in [0.1, 0.15) is 23.9 Å². The summed E-state index contributed by atoms with van der Waals surface area (Å²) in [6, 6.07) is 8.45. The van der Waals surface area contributed by atoms with Crippen LogP contribution in [0.25, 0.3) is 10.9 Å². The van der Waals surface area contributed by atoms with Gasteiger partial charge in [-0.2, -0.15) is 0 Å². The van der Waals surface area contributed by atoms with Crippen LogP contribution >= 0.6 is 0 Å². The maximum absolute atomic E-state index is 13.8. The molecule has 0 aliphatic heterocycles. The van der Waals surface area contributed by atoms with Crippen LogP contribution in [0.1, 0.15) is 44.2 Å². The summed E-state index contributed by atoms with van der Waals surface area (Å²) < 4.78 is 0. The second kappa shape index (κ2) is 15.5. The van der Waals surface area contributed by atoms with E-state index in [1.165, 1.54) is 12.1 Å². The van der Waals surface area contributed by atoms with Gasteiger partial charge in [0, 0.05) is 36.4 Å².